The highest BCUT2D eigenvalue weighted by molar-refractivity contribution is 8.00. The first-order valence-electron chi connectivity index (χ1n) is 13.5. The molecular formula is C33H26Cl2F3N3O3S. The maximum absolute atomic E-state index is 13.4. The second kappa shape index (κ2) is 15.2. The van der Waals surface area contributed by atoms with Gasteiger partial charge in [0.1, 0.15) is 5.70 Å². The van der Waals surface area contributed by atoms with Crippen molar-refractivity contribution in [2.75, 3.05) is 10.6 Å². The summed E-state index contributed by atoms with van der Waals surface area (Å²) >= 11 is 13.5. The molecule has 0 aliphatic rings. The van der Waals surface area contributed by atoms with Crippen LogP contribution in [0.15, 0.2) is 108 Å². The summed E-state index contributed by atoms with van der Waals surface area (Å²) in [6, 6.07) is 24.2. The minimum Gasteiger partial charge on any atom is -0.325 e. The lowest BCUT2D eigenvalue weighted by atomic mass is 10.1. The SMILES string of the molecule is CCC(Sc1cccc(NC(=O)/C(=C\c2ccc(Cl)cc2Cl)NC(=O)c2ccccc2)c1)C(=O)Nc1cccc(C(F)(F)F)c1. The van der Waals surface area contributed by atoms with E-state index in [0.29, 0.717) is 33.2 Å². The Labute approximate surface area is 272 Å². The summed E-state index contributed by atoms with van der Waals surface area (Å²) in [7, 11) is 0. The quantitative estimate of drug-likeness (QED) is 0.116. The summed E-state index contributed by atoms with van der Waals surface area (Å²) in [5.74, 6) is -1.62. The molecule has 0 aliphatic carbocycles. The number of carbonyl (C=O) groups excluding carboxylic acids is 3. The monoisotopic (exact) mass is 671 g/mol. The van der Waals surface area contributed by atoms with E-state index >= 15 is 0 Å². The zero-order valence-electron chi connectivity index (χ0n) is 23.6. The summed E-state index contributed by atoms with van der Waals surface area (Å²) in [4.78, 5) is 40.0. The molecule has 0 fully saturated rings. The molecule has 232 valence electrons. The lowest BCUT2D eigenvalue weighted by Gasteiger charge is -2.16. The number of halogens is 5. The van der Waals surface area contributed by atoms with Crippen molar-refractivity contribution in [3.8, 4) is 0 Å². The van der Waals surface area contributed by atoms with E-state index in [1.165, 1.54) is 36.0 Å². The number of anilines is 2. The van der Waals surface area contributed by atoms with E-state index in [1.807, 2.05) is 0 Å². The highest BCUT2D eigenvalue weighted by Crippen LogP contribution is 2.32. The first-order chi connectivity index (χ1) is 21.4. The van der Waals surface area contributed by atoms with E-state index in [2.05, 4.69) is 16.0 Å². The van der Waals surface area contributed by atoms with E-state index in [9.17, 15) is 27.6 Å². The number of thioether (sulfide) groups is 1. The van der Waals surface area contributed by atoms with Crippen molar-refractivity contribution in [1.82, 2.24) is 5.32 Å². The molecule has 0 saturated heterocycles. The Morgan fingerprint density at radius 1 is 0.844 bits per heavy atom. The van der Waals surface area contributed by atoms with Gasteiger partial charge < -0.3 is 16.0 Å². The number of carbonyl (C=O) groups is 3. The molecule has 4 aromatic carbocycles. The molecule has 4 rings (SSSR count). The summed E-state index contributed by atoms with van der Waals surface area (Å²) in [5.41, 5.74) is 0.245. The molecule has 45 heavy (non-hydrogen) atoms. The molecule has 0 heterocycles. The molecule has 0 radical (unpaired) electrons. The third-order valence-corrected chi connectivity index (χ3v) is 8.20. The number of hydrogen-bond donors (Lipinski definition) is 3. The standard InChI is InChI=1S/C33H26Cl2F3N3O3S/c1-2-29(32(44)40-24-11-6-10-22(17-24)33(36,37)38)45-26-13-7-12-25(19-26)39-31(43)28(16-21-14-15-23(34)18-27(21)35)41-30(42)20-8-4-3-5-9-20/h3-19,29H,2H2,1H3,(H,39,43)(H,40,44)(H,41,42)/b28-16+. The van der Waals surface area contributed by atoms with Gasteiger partial charge in [-0.3, -0.25) is 14.4 Å². The Bertz CT molecular complexity index is 1730. The van der Waals surface area contributed by atoms with Gasteiger partial charge in [-0.15, -0.1) is 11.8 Å². The largest absolute Gasteiger partial charge is 0.416 e. The zero-order valence-corrected chi connectivity index (χ0v) is 26.0. The Morgan fingerprint density at radius 2 is 1.53 bits per heavy atom. The third-order valence-electron chi connectivity index (χ3n) is 6.28. The van der Waals surface area contributed by atoms with Gasteiger partial charge in [0.15, 0.2) is 0 Å². The highest BCUT2D eigenvalue weighted by Gasteiger charge is 2.30. The molecule has 0 bridgehead atoms. The van der Waals surface area contributed by atoms with Crippen LogP contribution in [0.1, 0.15) is 34.8 Å². The van der Waals surface area contributed by atoms with Gasteiger partial charge in [-0.2, -0.15) is 13.2 Å². The van der Waals surface area contributed by atoms with E-state index < -0.39 is 34.7 Å². The Balaban J connectivity index is 1.51. The molecule has 6 nitrogen and oxygen atoms in total. The average Bonchev–Trinajstić information content (AvgIpc) is 3.01. The summed E-state index contributed by atoms with van der Waals surface area (Å²) < 4.78 is 39.3. The second-order valence-corrected chi connectivity index (χ2v) is 11.7. The summed E-state index contributed by atoms with van der Waals surface area (Å²) in [6.45, 7) is 1.78. The number of alkyl halides is 3. The van der Waals surface area contributed by atoms with E-state index in [-0.39, 0.29) is 16.4 Å². The number of hydrogen-bond acceptors (Lipinski definition) is 4. The molecule has 3 N–H and O–H groups in total. The molecule has 0 spiro atoms. The van der Waals surface area contributed by atoms with Crippen molar-refractivity contribution in [1.29, 1.82) is 0 Å². The van der Waals surface area contributed by atoms with Gasteiger partial charge in [-0.05, 0) is 78.7 Å². The van der Waals surface area contributed by atoms with Gasteiger partial charge in [0.05, 0.1) is 10.8 Å². The Hall–Kier alpha value is -4.25. The van der Waals surface area contributed by atoms with Crippen molar-refractivity contribution >= 4 is 70.1 Å². The third kappa shape index (κ3) is 9.62. The van der Waals surface area contributed by atoms with Gasteiger partial charge >= 0.3 is 6.18 Å². The number of amides is 3. The predicted octanol–water partition coefficient (Wildman–Crippen LogP) is 8.93. The predicted molar refractivity (Wildman–Crippen MR) is 173 cm³/mol. The van der Waals surface area contributed by atoms with Gasteiger partial charge in [0.2, 0.25) is 5.91 Å². The first kappa shape index (κ1) is 33.6. The number of rotatable bonds is 10. The van der Waals surface area contributed by atoms with E-state index in [0.717, 1.165) is 12.1 Å². The van der Waals surface area contributed by atoms with Crippen LogP contribution in [-0.2, 0) is 15.8 Å². The summed E-state index contributed by atoms with van der Waals surface area (Å²) in [5, 5.41) is 7.99. The molecule has 0 saturated carbocycles. The summed E-state index contributed by atoms with van der Waals surface area (Å²) in [6.07, 6.45) is -2.73. The fourth-order valence-corrected chi connectivity index (χ4v) is 5.52. The zero-order chi connectivity index (χ0) is 32.6. The van der Waals surface area contributed by atoms with Crippen LogP contribution in [-0.4, -0.2) is 23.0 Å². The molecule has 3 amide bonds. The fourth-order valence-electron chi connectivity index (χ4n) is 4.04. The molecular weight excluding hydrogens is 646 g/mol. The highest BCUT2D eigenvalue weighted by atomic mass is 35.5. The average molecular weight is 673 g/mol. The molecule has 12 heteroatoms. The van der Waals surface area contributed by atoms with Crippen LogP contribution < -0.4 is 16.0 Å². The van der Waals surface area contributed by atoms with Gasteiger partial charge in [-0.25, -0.2) is 0 Å². The van der Waals surface area contributed by atoms with Gasteiger partial charge in [0, 0.05) is 31.9 Å². The number of nitrogens with one attached hydrogen (secondary N) is 3. The van der Waals surface area contributed by atoms with Crippen molar-refractivity contribution in [3.05, 3.63) is 129 Å². The molecule has 4 aromatic rings. The maximum atomic E-state index is 13.4. The number of benzene rings is 4. The first-order valence-corrected chi connectivity index (χ1v) is 15.2. The minimum atomic E-state index is -4.54. The lowest BCUT2D eigenvalue weighted by Crippen LogP contribution is -2.30. The van der Waals surface area contributed by atoms with Crippen LogP contribution in [0.4, 0.5) is 24.5 Å². The maximum Gasteiger partial charge on any atom is 0.416 e. The normalized spacial score (nSPS) is 12.3. The van der Waals surface area contributed by atoms with E-state index in [1.54, 1.807) is 73.7 Å². The van der Waals surface area contributed by atoms with Crippen LogP contribution in [0.3, 0.4) is 0 Å². The molecule has 0 aliphatic heterocycles. The smallest absolute Gasteiger partial charge is 0.325 e. The van der Waals surface area contributed by atoms with E-state index in [4.69, 9.17) is 23.2 Å². The molecule has 1 atom stereocenters. The van der Waals surface area contributed by atoms with Crippen LogP contribution in [0.25, 0.3) is 6.08 Å². The van der Waals surface area contributed by atoms with Crippen molar-refractivity contribution < 1.29 is 27.6 Å². The van der Waals surface area contributed by atoms with Crippen molar-refractivity contribution in [2.45, 2.75) is 29.7 Å². The molecule has 0 aromatic heterocycles. The van der Waals surface area contributed by atoms with Crippen LogP contribution in [0, 0.1) is 0 Å². The van der Waals surface area contributed by atoms with Crippen LogP contribution in [0.5, 0.6) is 0 Å². The van der Waals surface area contributed by atoms with Crippen LogP contribution >= 0.6 is 35.0 Å². The fraction of sp³-hybridized carbons (Fsp3) is 0.121. The van der Waals surface area contributed by atoms with Crippen molar-refractivity contribution in [2.24, 2.45) is 0 Å². The second-order valence-electron chi connectivity index (χ2n) is 9.61. The van der Waals surface area contributed by atoms with Gasteiger partial charge in [0.25, 0.3) is 11.8 Å². The topological polar surface area (TPSA) is 87.3 Å². The Morgan fingerprint density at radius 3 is 2.20 bits per heavy atom. The van der Waals surface area contributed by atoms with Gasteiger partial charge in [-0.1, -0.05) is 66.5 Å². The molecule has 1 unspecified atom stereocenters. The minimum absolute atomic E-state index is 0.0348. The van der Waals surface area contributed by atoms with Crippen molar-refractivity contribution in [3.63, 3.8) is 0 Å². The Kier molecular flexibility index (Phi) is 11.3. The van der Waals surface area contributed by atoms with Crippen LogP contribution in [0.2, 0.25) is 10.0 Å². The lowest BCUT2D eigenvalue weighted by molar-refractivity contribution is -0.137.